The summed E-state index contributed by atoms with van der Waals surface area (Å²) in [5.74, 6) is 0.970. The van der Waals surface area contributed by atoms with E-state index in [-0.39, 0.29) is 0 Å². The van der Waals surface area contributed by atoms with E-state index in [0.29, 0.717) is 0 Å². The Hall–Kier alpha value is -3.62. The Morgan fingerprint density at radius 2 is 0.844 bits per heavy atom. The van der Waals surface area contributed by atoms with Gasteiger partial charge in [0.1, 0.15) is 11.1 Å². The third kappa shape index (κ3) is 3.24. The molecule has 0 amide bonds. The summed E-state index contributed by atoms with van der Waals surface area (Å²) in [4.78, 5) is 0. The van der Waals surface area contributed by atoms with Crippen LogP contribution >= 0.6 is 0 Å². The molecular formula is C30H26OSi. The lowest BCUT2D eigenvalue weighted by molar-refractivity contribution is 0.611. The highest BCUT2D eigenvalue weighted by Gasteiger charge is 2.46. The molecule has 0 bridgehead atoms. The third-order valence-electron chi connectivity index (χ3n) is 6.44. The Balaban J connectivity index is 1.90. The van der Waals surface area contributed by atoms with Gasteiger partial charge in [-0.2, -0.15) is 0 Å². The average Bonchev–Trinajstić information content (AvgIpc) is 3.17. The van der Waals surface area contributed by atoms with Gasteiger partial charge in [-0.3, -0.25) is 0 Å². The molecule has 4 aromatic carbocycles. The molecule has 5 aromatic rings. The molecule has 156 valence electrons. The molecule has 0 unspecified atom stereocenters. The lowest BCUT2D eigenvalue weighted by Gasteiger charge is -2.32. The van der Waals surface area contributed by atoms with Crippen molar-refractivity contribution in [1.29, 1.82) is 0 Å². The van der Waals surface area contributed by atoms with Crippen molar-refractivity contribution in [3.05, 3.63) is 132 Å². The Morgan fingerprint density at radius 1 is 0.469 bits per heavy atom. The summed E-state index contributed by atoms with van der Waals surface area (Å²) in [6, 6.07) is 43.2. The van der Waals surface area contributed by atoms with Crippen LogP contribution in [0.1, 0.15) is 11.1 Å². The molecule has 1 nitrogen and oxygen atoms in total. The van der Waals surface area contributed by atoms with Gasteiger partial charge < -0.3 is 4.42 Å². The molecule has 0 atom stereocenters. The van der Waals surface area contributed by atoms with Crippen molar-refractivity contribution in [3.8, 4) is 11.3 Å². The zero-order valence-electron chi connectivity index (χ0n) is 18.5. The topological polar surface area (TPSA) is 13.1 Å². The Labute approximate surface area is 191 Å². The largest absolute Gasteiger partial charge is 0.464 e. The fourth-order valence-electron chi connectivity index (χ4n) is 4.78. The summed E-state index contributed by atoms with van der Waals surface area (Å²) < 4.78 is 6.92. The lowest BCUT2D eigenvalue weighted by atomic mass is 10.1. The minimum Gasteiger partial charge on any atom is -0.464 e. The number of benzene rings is 4. The van der Waals surface area contributed by atoms with Crippen molar-refractivity contribution < 1.29 is 4.42 Å². The highest BCUT2D eigenvalue weighted by Crippen LogP contribution is 2.28. The molecule has 0 spiro atoms. The van der Waals surface area contributed by atoms with Crippen LogP contribution in [0.15, 0.2) is 126 Å². The first-order valence-corrected chi connectivity index (χ1v) is 13.1. The summed E-state index contributed by atoms with van der Waals surface area (Å²) in [5, 5.41) is 5.09. The van der Waals surface area contributed by atoms with Gasteiger partial charge in [-0.25, -0.2) is 0 Å². The second-order valence-electron chi connectivity index (χ2n) is 8.22. The van der Waals surface area contributed by atoms with Crippen molar-refractivity contribution in [2.24, 2.45) is 0 Å². The molecule has 2 heteroatoms. The fourth-order valence-corrected chi connectivity index (χ4v) is 9.65. The summed E-state index contributed by atoms with van der Waals surface area (Å²) in [7, 11) is -2.65. The van der Waals surface area contributed by atoms with Gasteiger partial charge in [0, 0.05) is 5.56 Å². The standard InChI is InChI=1S/C30H26OSi/c1-23-24(2)30(31-29(23)25-15-7-3-8-16-25)32(26-17-9-4-10-18-26,27-19-11-5-12-20-27)28-21-13-6-14-22-28/h3-22H,1-2H3. The van der Waals surface area contributed by atoms with Gasteiger partial charge in [0.05, 0.1) is 0 Å². The zero-order chi connectivity index (χ0) is 22.0. The molecule has 0 aliphatic carbocycles. The molecule has 1 aromatic heterocycles. The summed E-state index contributed by atoms with van der Waals surface area (Å²) >= 11 is 0. The van der Waals surface area contributed by atoms with Crippen molar-refractivity contribution in [2.75, 3.05) is 0 Å². The first-order chi connectivity index (χ1) is 15.7. The molecular weight excluding hydrogens is 404 g/mol. The van der Waals surface area contributed by atoms with Gasteiger partial charge in [-0.05, 0) is 40.5 Å². The van der Waals surface area contributed by atoms with Crippen molar-refractivity contribution >= 4 is 29.0 Å². The molecule has 5 rings (SSSR count). The summed E-state index contributed by atoms with van der Waals surface area (Å²) in [5.41, 5.74) is 3.58. The van der Waals surface area contributed by atoms with E-state index in [2.05, 4.69) is 129 Å². The van der Waals surface area contributed by atoms with Gasteiger partial charge in [0.2, 0.25) is 8.07 Å². The molecule has 0 N–H and O–H groups in total. The van der Waals surface area contributed by atoms with E-state index >= 15 is 0 Å². The van der Waals surface area contributed by atoms with Crippen LogP contribution in [0, 0.1) is 13.8 Å². The quantitative estimate of drug-likeness (QED) is 0.284. The normalized spacial score (nSPS) is 11.4. The third-order valence-corrected chi connectivity index (χ3v) is 11.2. The number of hydrogen-bond donors (Lipinski definition) is 0. The Morgan fingerprint density at radius 3 is 1.25 bits per heavy atom. The first-order valence-electron chi connectivity index (χ1n) is 11.1. The molecule has 32 heavy (non-hydrogen) atoms. The second kappa shape index (κ2) is 8.49. The van der Waals surface area contributed by atoms with Crippen LogP contribution in [0.25, 0.3) is 11.3 Å². The fraction of sp³-hybridized carbons (Fsp3) is 0.0667. The van der Waals surface area contributed by atoms with E-state index in [1.165, 1.54) is 26.7 Å². The SMILES string of the molecule is Cc1c(-c2ccccc2)oc([Si](c2ccccc2)(c2ccccc2)c2ccccc2)c1C. The van der Waals surface area contributed by atoms with Crippen molar-refractivity contribution in [3.63, 3.8) is 0 Å². The van der Waals surface area contributed by atoms with E-state index in [1.807, 2.05) is 6.07 Å². The van der Waals surface area contributed by atoms with Crippen LogP contribution in [-0.4, -0.2) is 8.07 Å². The minimum absolute atomic E-state index is 0.970. The summed E-state index contributed by atoms with van der Waals surface area (Å²) in [6.07, 6.45) is 0. The van der Waals surface area contributed by atoms with E-state index < -0.39 is 8.07 Å². The maximum absolute atomic E-state index is 6.92. The van der Waals surface area contributed by atoms with Gasteiger partial charge in [-0.1, -0.05) is 121 Å². The van der Waals surface area contributed by atoms with Crippen LogP contribution < -0.4 is 20.9 Å². The van der Waals surface area contributed by atoms with Gasteiger partial charge in [0.25, 0.3) is 0 Å². The highest BCUT2D eigenvalue weighted by atomic mass is 28.3. The lowest BCUT2D eigenvalue weighted by Crippen LogP contribution is -2.75. The first kappa shape index (κ1) is 20.3. The highest BCUT2D eigenvalue weighted by molar-refractivity contribution is 7.19. The molecule has 0 radical (unpaired) electrons. The number of hydrogen-bond acceptors (Lipinski definition) is 1. The average molecular weight is 431 g/mol. The van der Waals surface area contributed by atoms with Gasteiger partial charge >= 0.3 is 0 Å². The second-order valence-corrected chi connectivity index (χ2v) is 11.9. The van der Waals surface area contributed by atoms with Crippen LogP contribution in [0.2, 0.25) is 0 Å². The van der Waals surface area contributed by atoms with E-state index in [0.717, 1.165) is 16.7 Å². The molecule has 0 saturated carbocycles. The minimum atomic E-state index is -2.65. The van der Waals surface area contributed by atoms with E-state index in [9.17, 15) is 0 Å². The molecule has 1 heterocycles. The van der Waals surface area contributed by atoms with Crippen LogP contribution in [0.4, 0.5) is 0 Å². The smallest absolute Gasteiger partial charge is 0.223 e. The Bertz CT molecular complexity index is 1210. The summed E-state index contributed by atoms with van der Waals surface area (Å²) in [6.45, 7) is 4.40. The van der Waals surface area contributed by atoms with E-state index in [4.69, 9.17) is 4.42 Å². The maximum Gasteiger partial charge on any atom is 0.223 e. The maximum atomic E-state index is 6.92. The number of furan rings is 1. The molecule has 0 saturated heterocycles. The van der Waals surface area contributed by atoms with Gasteiger partial charge in [0.15, 0.2) is 0 Å². The van der Waals surface area contributed by atoms with Crippen molar-refractivity contribution in [2.45, 2.75) is 13.8 Å². The van der Waals surface area contributed by atoms with E-state index in [1.54, 1.807) is 0 Å². The van der Waals surface area contributed by atoms with Gasteiger partial charge in [-0.15, -0.1) is 0 Å². The molecule has 0 aliphatic heterocycles. The predicted molar refractivity (Wildman–Crippen MR) is 137 cm³/mol. The number of rotatable bonds is 5. The molecule has 0 aliphatic rings. The molecule has 0 fully saturated rings. The Kier molecular flexibility index (Phi) is 5.38. The monoisotopic (exact) mass is 430 g/mol. The van der Waals surface area contributed by atoms with Crippen LogP contribution in [0.5, 0.6) is 0 Å². The van der Waals surface area contributed by atoms with Crippen LogP contribution in [-0.2, 0) is 0 Å². The van der Waals surface area contributed by atoms with Crippen molar-refractivity contribution in [1.82, 2.24) is 0 Å². The zero-order valence-corrected chi connectivity index (χ0v) is 19.5. The predicted octanol–water partition coefficient (Wildman–Crippen LogP) is 4.94. The van der Waals surface area contributed by atoms with Crippen LogP contribution in [0.3, 0.4) is 0 Å².